The van der Waals surface area contributed by atoms with E-state index in [2.05, 4.69) is 0 Å². The molecule has 2 N–H and O–H groups in total. The highest BCUT2D eigenvalue weighted by Gasteiger charge is 2.29. The van der Waals surface area contributed by atoms with Crippen molar-refractivity contribution in [3.63, 3.8) is 0 Å². The standard InChI is InChI=1S/C10H20N2O/c1-7(2)9(11)10(13)12(3)8-5-4-6-8/h7-9H,4-6,11H2,1-3H3. The second kappa shape index (κ2) is 4.09. The number of carbonyl (C=O) groups excluding carboxylic acids is 1. The summed E-state index contributed by atoms with van der Waals surface area (Å²) in [6, 6.07) is 0.128. The molecule has 1 atom stereocenters. The average Bonchev–Trinajstić information content (AvgIpc) is 1.98. The Bertz CT molecular complexity index is 187. The number of hydrogen-bond acceptors (Lipinski definition) is 2. The zero-order valence-corrected chi connectivity index (χ0v) is 8.79. The maximum Gasteiger partial charge on any atom is 0.239 e. The van der Waals surface area contributed by atoms with Gasteiger partial charge < -0.3 is 10.6 Å². The van der Waals surface area contributed by atoms with E-state index in [0.717, 1.165) is 12.8 Å². The summed E-state index contributed by atoms with van der Waals surface area (Å²) < 4.78 is 0. The molecular formula is C10H20N2O. The second-order valence-corrected chi connectivity index (χ2v) is 4.30. The number of rotatable bonds is 3. The molecule has 3 heteroatoms. The van der Waals surface area contributed by atoms with Crippen molar-refractivity contribution in [1.82, 2.24) is 4.90 Å². The Hall–Kier alpha value is -0.570. The summed E-state index contributed by atoms with van der Waals surface area (Å²) in [5.74, 6) is 0.328. The molecule has 1 fully saturated rings. The Balaban J connectivity index is 2.45. The van der Waals surface area contributed by atoms with E-state index < -0.39 is 0 Å². The fraction of sp³-hybridized carbons (Fsp3) is 0.900. The smallest absolute Gasteiger partial charge is 0.239 e. The fourth-order valence-electron chi connectivity index (χ4n) is 1.47. The Morgan fingerprint density at radius 1 is 1.46 bits per heavy atom. The summed E-state index contributed by atoms with van der Waals surface area (Å²) in [6.07, 6.45) is 3.54. The minimum absolute atomic E-state index is 0.0969. The van der Waals surface area contributed by atoms with Crippen LogP contribution in [0.1, 0.15) is 33.1 Å². The summed E-state index contributed by atoms with van der Waals surface area (Å²) in [5.41, 5.74) is 5.79. The third-order valence-corrected chi connectivity index (χ3v) is 2.97. The molecule has 1 rings (SSSR count). The molecular weight excluding hydrogens is 164 g/mol. The van der Waals surface area contributed by atoms with Gasteiger partial charge in [0.1, 0.15) is 0 Å². The number of amides is 1. The van der Waals surface area contributed by atoms with Crippen LogP contribution >= 0.6 is 0 Å². The quantitative estimate of drug-likeness (QED) is 0.710. The first-order valence-corrected chi connectivity index (χ1v) is 5.06. The first kappa shape index (κ1) is 10.5. The van der Waals surface area contributed by atoms with Crippen LogP contribution in [0.5, 0.6) is 0 Å². The highest BCUT2D eigenvalue weighted by atomic mass is 16.2. The molecule has 0 saturated heterocycles. The maximum absolute atomic E-state index is 11.7. The Kier molecular flexibility index (Phi) is 3.31. The zero-order valence-electron chi connectivity index (χ0n) is 8.79. The predicted octanol–water partition coefficient (Wildman–Crippen LogP) is 0.981. The van der Waals surface area contributed by atoms with E-state index in [1.54, 1.807) is 0 Å². The lowest BCUT2D eigenvalue weighted by Crippen LogP contribution is -2.50. The highest BCUT2D eigenvalue weighted by Crippen LogP contribution is 2.24. The molecule has 1 saturated carbocycles. The lowest BCUT2D eigenvalue weighted by Gasteiger charge is -2.36. The first-order valence-electron chi connectivity index (χ1n) is 5.06. The van der Waals surface area contributed by atoms with Gasteiger partial charge in [0, 0.05) is 13.1 Å². The lowest BCUT2D eigenvalue weighted by molar-refractivity contribution is -0.135. The van der Waals surface area contributed by atoms with Gasteiger partial charge in [-0.05, 0) is 25.2 Å². The minimum Gasteiger partial charge on any atom is -0.341 e. The molecule has 3 nitrogen and oxygen atoms in total. The van der Waals surface area contributed by atoms with E-state index >= 15 is 0 Å². The normalized spacial score (nSPS) is 19.8. The number of nitrogens with two attached hydrogens (primary N) is 1. The molecule has 0 bridgehead atoms. The maximum atomic E-state index is 11.7. The Morgan fingerprint density at radius 2 is 2.00 bits per heavy atom. The van der Waals surface area contributed by atoms with Gasteiger partial charge in [-0.2, -0.15) is 0 Å². The molecule has 1 aliphatic carbocycles. The molecule has 0 aromatic rings. The molecule has 13 heavy (non-hydrogen) atoms. The highest BCUT2D eigenvalue weighted by molar-refractivity contribution is 5.82. The van der Waals surface area contributed by atoms with Crippen LogP contribution in [-0.2, 0) is 4.79 Å². The Morgan fingerprint density at radius 3 is 2.31 bits per heavy atom. The van der Waals surface area contributed by atoms with E-state index in [1.165, 1.54) is 6.42 Å². The monoisotopic (exact) mass is 184 g/mol. The second-order valence-electron chi connectivity index (χ2n) is 4.30. The van der Waals surface area contributed by atoms with Gasteiger partial charge in [-0.1, -0.05) is 13.8 Å². The van der Waals surface area contributed by atoms with Crippen molar-refractivity contribution in [2.45, 2.75) is 45.2 Å². The molecule has 0 aromatic heterocycles. The van der Waals surface area contributed by atoms with Crippen molar-refractivity contribution in [2.75, 3.05) is 7.05 Å². The van der Waals surface area contributed by atoms with E-state index in [9.17, 15) is 4.79 Å². The van der Waals surface area contributed by atoms with Crippen molar-refractivity contribution in [1.29, 1.82) is 0 Å². The summed E-state index contributed by atoms with van der Waals surface area (Å²) in [7, 11) is 1.87. The number of carbonyl (C=O) groups is 1. The summed E-state index contributed by atoms with van der Waals surface area (Å²) in [4.78, 5) is 13.5. The van der Waals surface area contributed by atoms with E-state index in [1.807, 2.05) is 25.8 Å². The van der Waals surface area contributed by atoms with Crippen LogP contribution in [0.15, 0.2) is 0 Å². The van der Waals surface area contributed by atoms with Gasteiger partial charge >= 0.3 is 0 Å². The van der Waals surface area contributed by atoms with E-state index in [4.69, 9.17) is 5.73 Å². The minimum atomic E-state index is -0.328. The van der Waals surface area contributed by atoms with Crippen molar-refractivity contribution >= 4 is 5.91 Å². The molecule has 1 amide bonds. The molecule has 0 heterocycles. The number of likely N-dealkylation sites (N-methyl/N-ethyl adjacent to an activating group) is 1. The molecule has 76 valence electrons. The molecule has 1 aliphatic rings. The summed E-state index contributed by atoms with van der Waals surface area (Å²) in [5, 5.41) is 0. The summed E-state index contributed by atoms with van der Waals surface area (Å²) in [6.45, 7) is 3.97. The van der Waals surface area contributed by atoms with Gasteiger partial charge in [-0.25, -0.2) is 0 Å². The van der Waals surface area contributed by atoms with Crippen LogP contribution < -0.4 is 5.73 Å². The average molecular weight is 184 g/mol. The number of hydrogen-bond donors (Lipinski definition) is 1. The van der Waals surface area contributed by atoms with Crippen molar-refractivity contribution in [3.8, 4) is 0 Å². The van der Waals surface area contributed by atoms with Gasteiger partial charge in [0.2, 0.25) is 5.91 Å². The summed E-state index contributed by atoms with van der Waals surface area (Å²) >= 11 is 0. The molecule has 0 radical (unpaired) electrons. The molecule has 1 unspecified atom stereocenters. The molecule has 0 aromatic carbocycles. The predicted molar refractivity (Wildman–Crippen MR) is 53.2 cm³/mol. The third-order valence-electron chi connectivity index (χ3n) is 2.97. The van der Waals surface area contributed by atoms with Gasteiger partial charge in [-0.15, -0.1) is 0 Å². The van der Waals surface area contributed by atoms with Gasteiger partial charge in [0.15, 0.2) is 0 Å². The van der Waals surface area contributed by atoms with E-state index in [0.29, 0.717) is 6.04 Å². The Labute approximate surface area is 80.3 Å². The number of nitrogens with zero attached hydrogens (tertiary/aromatic N) is 1. The SMILES string of the molecule is CC(C)C(N)C(=O)N(C)C1CCC1. The van der Waals surface area contributed by atoms with Crippen LogP contribution in [0.4, 0.5) is 0 Å². The van der Waals surface area contributed by atoms with Crippen molar-refractivity contribution < 1.29 is 4.79 Å². The van der Waals surface area contributed by atoms with Gasteiger partial charge in [0.05, 0.1) is 6.04 Å². The zero-order chi connectivity index (χ0) is 10.0. The van der Waals surface area contributed by atoms with Crippen molar-refractivity contribution in [3.05, 3.63) is 0 Å². The van der Waals surface area contributed by atoms with E-state index in [-0.39, 0.29) is 17.9 Å². The van der Waals surface area contributed by atoms with Gasteiger partial charge in [-0.3, -0.25) is 4.79 Å². The fourth-order valence-corrected chi connectivity index (χ4v) is 1.47. The molecule has 0 spiro atoms. The van der Waals surface area contributed by atoms with Crippen LogP contribution in [0.25, 0.3) is 0 Å². The molecule has 0 aliphatic heterocycles. The third kappa shape index (κ3) is 2.21. The lowest BCUT2D eigenvalue weighted by atomic mass is 9.91. The largest absolute Gasteiger partial charge is 0.341 e. The van der Waals surface area contributed by atoms with Gasteiger partial charge in [0.25, 0.3) is 0 Å². The first-order chi connectivity index (χ1) is 6.04. The van der Waals surface area contributed by atoms with Crippen LogP contribution in [0.2, 0.25) is 0 Å². The van der Waals surface area contributed by atoms with Crippen LogP contribution in [-0.4, -0.2) is 29.9 Å². The van der Waals surface area contributed by atoms with Crippen LogP contribution in [0, 0.1) is 5.92 Å². The van der Waals surface area contributed by atoms with Crippen molar-refractivity contribution in [2.24, 2.45) is 11.7 Å². The van der Waals surface area contributed by atoms with Crippen LogP contribution in [0.3, 0.4) is 0 Å². The topological polar surface area (TPSA) is 46.3 Å².